The minimum atomic E-state index is -0.636. The summed E-state index contributed by atoms with van der Waals surface area (Å²) in [4.78, 5) is 24.7. The van der Waals surface area contributed by atoms with E-state index in [0.717, 1.165) is 25.5 Å². The highest BCUT2D eigenvalue weighted by Gasteiger charge is 2.29. The molecule has 1 unspecified atom stereocenters. The predicted octanol–water partition coefficient (Wildman–Crippen LogP) is 2.63. The molecule has 3 rings (SSSR count). The lowest BCUT2D eigenvalue weighted by atomic mass is 9.96. The molecule has 1 fully saturated rings. The molecule has 1 aromatic carbocycles. The van der Waals surface area contributed by atoms with Crippen LogP contribution in [0, 0.1) is 17.6 Å². The largest absolute Gasteiger partial charge is 0.341 e. The van der Waals surface area contributed by atoms with Gasteiger partial charge in [0.05, 0.1) is 5.92 Å². The molecule has 0 radical (unpaired) electrons. The Labute approximate surface area is 145 Å². The zero-order valence-corrected chi connectivity index (χ0v) is 14.0. The van der Waals surface area contributed by atoms with Crippen molar-refractivity contribution >= 4 is 11.9 Å². The Kier molecular flexibility index (Phi) is 5.21. The van der Waals surface area contributed by atoms with Gasteiger partial charge in [0.1, 0.15) is 11.6 Å². The Bertz CT molecular complexity index is 741. The normalized spacial score (nSPS) is 17.4. The number of piperidine rings is 1. The van der Waals surface area contributed by atoms with Crippen LogP contribution in [0.15, 0.2) is 36.7 Å². The minimum Gasteiger partial charge on any atom is -0.341 e. The fraction of sp³-hybridized carbons (Fsp3) is 0.389. The first kappa shape index (κ1) is 17.3. The van der Waals surface area contributed by atoms with E-state index >= 15 is 0 Å². The number of hydrogen-bond acceptors (Lipinski definition) is 4. The number of nitrogens with zero attached hydrogens (tertiary/aromatic N) is 4. The lowest BCUT2D eigenvalue weighted by molar-refractivity contribution is -0.135. The molecule has 0 saturated carbocycles. The van der Waals surface area contributed by atoms with Crippen LogP contribution >= 0.6 is 0 Å². The summed E-state index contributed by atoms with van der Waals surface area (Å²) >= 11 is 0. The summed E-state index contributed by atoms with van der Waals surface area (Å²) in [7, 11) is 1.64. The summed E-state index contributed by atoms with van der Waals surface area (Å²) in [5.74, 6) is -0.883. The van der Waals surface area contributed by atoms with Crippen LogP contribution in [0.4, 0.5) is 14.7 Å². The van der Waals surface area contributed by atoms with Crippen molar-refractivity contribution < 1.29 is 13.6 Å². The van der Waals surface area contributed by atoms with Gasteiger partial charge >= 0.3 is 0 Å². The van der Waals surface area contributed by atoms with E-state index in [-0.39, 0.29) is 18.4 Å². The maximum Gasteiger partial charge on any atom is 0.227 e. The molecule has 5 nitrogen and oxygen atoms in total. The quantitative estimate of drug-likeness (QED) is 0.854. The van der Waals surface area contributed by atoms with Crippen LogP contribution in [-0.4, -0.2) is 40.9 Å². The second kappa shape index (κ2) is 7.55. The summed E-state index contributed by atoms with van der Waals surface area (Å²) in [5, 5.41) is 0. The van der Waals surface area contributed by atoms with Crippen LogP contribution in [0.5, 0.6) is 0 Å². The van der Waals surface area contributed by atoms with E-state index < -0.39 is 11.6 Å². The van der Waals surface area contributed by atoms with Crippen molar-refractivity contribution in [1.29, 1.82) is 0 Å². The summed E-state index contributed by atoms with van der Waals surface area (Å²) in [6, 6.07) is 5.16. The van der Waals surface area contributed by atoms with Crippen LogP contribution in [-0.2, 0) is 11.3 Å². The number of rotatable bonds is 4. The van der Waals surface area contributed by atoms with E-state index in [1.807, 2.05) is 4.90 Å². The first-order valence-electron chi connectivity index (χ1n) is 8.25. The van der Waals surface area contributed by atoms with E-state index in [1.54, 1.807) is 25.5 Å². The summed E-state index contributed by atoms with van der Waals surface area (Å²) in [6.45, 7) is 1.46. The molecule has 1 amide bonds. The van der Waals surface area contributed by atoms with Gasteiger partial charge in [0.2, 0.25) is 11.9 Å². The van der Waals surface area contributed by atoms with Crippen LogP contribution in [0.1, 0.15) is 18.4 Å². The Morgan fingerprint density at radius 1 is 1.32 bits per heavy atom. The lowest BCUT2D eigenvalue weighted by Gasteiger charge is -2.34. The van der Waals surface area contributed by atoms with Crippen molar-refractivity contribution in [2.45, 2.75) is 19.4 Å². The van der Waals surface area contributed by atoms with Gasteiger partial charge in [0, 0.05) is 50.7 Å². The first-order valence-corrected chi connectivity index (χ1v) is 8.25. The molecular weight excluding hydrogens is 326 g/mol. The van der Waals surface area contributed by atoms with Crippen LogP contribution in [0.2, 0.25) is 0 Å². The summed E-state index contributed by atoms with van der Waals surface area (Å²) in [5.41, 5.74) is 0.302. The number of amides is 1. The molecule has 2 heterocycles. The molecule has 0 spiro atoms. The third-order valence-electron chi connectivity index (χ3n) is 4.40. The van der Waals surface area contributed by atoms with Crippen LogP contribution < -0.4 is 4.90 Å². The van der Waals surface area contributed by atoms with E-state index in [0.29, 0.717) is 18.1 Å². The molecule has 7 heteroatoms. The van der Waals surface area contributed by atoms with E-state index in [9.17, 15) is 13.6 Å². The Balaban J connectivity index is 1.65. The van der Waals surface area contributed by atoms with E-state index in [4.69, 9.17) is 0 Å². The number of carbonyl (C=O) groups excluding carboxylic acids is 1. The van der Waals surface area contributed by atoms with Gasteiger partial charge in [-0.25, -0.2) is 18.7 Å². The third kappa shape index (κ3) is 4.10. The van der Waals surface area contributed by atoms with Gasteiger partial charge in [0.25, 0.3) is 0 Å². The smallest absolute Gasteiger partial charge is 0.227 e. The van der Waals surface area contributed by atoms with Gasteiger partial charge in [-0.15, -0.1) is 0 Å². The standard InChI is InChI=1S/C18H20F2N4O/c1-23(11-13-5-6-15(19)10-16(13)20)17(25)14-4-2-9-24(12-14)18-21-7-3-8-22-18/h3,5-8,10,14H,2,4,9,11-12H2,1H3. The molecule has 25 heavy (non-hydrogen) atoms. The van der Waals surface area contributed by atoms with Gasteiger partial charge in [0.15, 0.2) is 0 Å². The highest BCUT2D eigenvalue weighted by Crippen LogP contribution is 2.22. The Hall–Kier alpha value is -2.57. The van der Waals surface area contributed by atoms with Crippen molar-refractivity contribution in [1.82, 2.24) is 14.9 Å². The fourth-order valence-electron chi connectivity index (χ4n) is 3.11. The van der Waals surface area contributed by atoms with E-state index in [2.05, 4.69) is 9.97 Å². The average Bonchev–Trinajstić information content (AvgIpc) is 2.64. The zero-order valence-electron chi connectivity index (χ0n) is 14.0. The van der Waals surface area contributed by atoms with Gasteiger partial charge in [-0.05, 0) is 25.0 Å². The molecular formula is C18H20F2N4O. The van der Waals surface area contributed by atoms with Crippen molar-refractivity contribution in [3.63, 3.8) is 0 Å². The van der Waals surface area contributed by atoms with E-state index in [1.165, 1.54) is 17.0 Å². The maximum absolute atomic E-state index is 13.8. The number of halogens is 2. The molecule has 1 aromatic heterocycles. The second-order valence-corrected chi connectivity index (χ2v) is 6.26. The lowest BCUT2D eigenvalue weighted by Crippen LogP contribution is -2.44. The van der Waals surface area contributed by atoms with Gasteiger partial charge in [-0.1, -0.05) is 6.07 Å². The van der Waals surface area contributed by atoms with Crippen molar-refractivity contribution in [2.24, 2.45) is 5.92 Å². The maximum atomic E-state index is 13.8. The molecule has 1 aliphatic heterocycles. The van der Waals surface area contributed by atoms with Gasteiger partial charge < -0.3 is 9.80 Å². The van der Waals surface area contributed by atoms with Gasteiger partial charge in [-0.3, -0.25) is 4.79 Å². The number of anilines is 1. The molecule has 0 bridgehead atoms. The fourth-order valence-corrected chi connectivity index (χ4v) is 3.11. The molecule has 1 aliphatic rings. The monoisotopic (exact) mass is 346 g/mol. The zero-order chi connectivity index (χ0) is 17.8. The van der Waals surface area contributed by atoms with Crippen LogP contribution in [0.3, 0.4) is 0 Å². The highest BCUT2D eigenvalue weighted by molar-refractivity contribution is 5.79. The predicted molar refractivity (Wildman–Crippen MR) is 89.8 cm³/mol. The third-order valence-corrected chi connectivity index (χ3v) is 4.40. The Morgan fingerprint density at radius 2 is 2.08 bits per heavy atom. The van der Waals surface area contributed by atoms with Crippen molar-refractivity contribution in [3.8, 4) is 0 Å². The number of aromatic nitrogens is 2. The average molecular weight is 346 g/mol. The molecule has 2 aromatic rings. The van der Waals surface area contributed by atoms with Crippen LogP contribution in [0.25, 0.3) is 0 Å². The topological polar surface area (TPSA) is 49.3 Å². The second-order valence-electron chi connectivity index (χ2n) is 6.26. The molecule has 1 atom stereocenters. The molecule has 1 saturated heterocycles. The summed E-state index contributed by atoms with van der Waals surface area (Å²) < 4.78 is 26.8. The first-order chi connectivity index (χ1) is 12.0. The minimum absolute atomic E-state index is 0.0515. The van der Waals surface area contributed by atoms with Crippen molar-refractivity contribution in [3.05, 3.63) is 53.9 Å². The number of benzene rings is 1. The molecule has 0 N–H and O–H groups in total. The number of carbonyl (C=O) groups is 1. The molecule has 0 aliphatic carbocycles. The Morgan fingerprint density at radius 3 is 2.80 bits per heavy atom. The molecule has 132 valence electrons. The summed E-state index contributed by atoms with van der Waals surface area (Å²) in [6.07, 6.45) is 5.00. The number of hydrogen-bond donors (Lipinski definition) is 0. The van der Waals surface area contributed by atoms with Gasteiger partial charge in [-0.2, -0.15) is 0 Å². The SMILES string of the molecule is CN(Cc1ccc(F)cc1F)C(=O)C1CCCN(c2ncccn2)C1. The van der Waals surface area contributed by atoms with Crippen molar-refractivity contribution in [2.75, 3.05) is 25.0 Å². The highest BCUT2D eigenvalue weighted by atomic mass is 19.1.